The summed E-state index contributed by atoms with van der Waals surface area (Å²) >= 11 is 5.98. The number of halogens is 1. The summed E-state index contributed by atoms with van der Waals surface area (Å²) < 4.78 is 5.61. The summed E-state index contributed by atoms with van der Waals surface area (Å²) in [6, 6.07) is 8.37. The molecule has 5 atom stereocenters. The zero-order valence-electron chi connectivity index (χ0n) is 18.7. The second-order valence-electron chi connectivity index (χ2n) is 9.22. The zero-order chi connectivity index (χ0) is 22.0. The molecule has 1 aromatic carbocycles. The van der Waals surface area contributed by atoms with Crippen molar-refractivity contribution in [2.24, 2.45) is 11.8 Å². The van der Waals surface area contributed by atoms with Crippen LogP contribution in [0.5, 0.6) is 0 Å². The van der Waals surface area contributed by atoms with E-state index in [2.05, 4.69) is 41.1 Å². The van der Waals surface area contributed by atoms with Gasteiger partial charge >= 0.3 is 0 Å². The lowest BCUT2D eigenvalue weighted by Gasteiger charge is -2.50. The van der Waals surface area contributed by atoms with Crippen LogP contribution in [0.25, 0.3) is 11.4 Å². The molecule has 1 amide bonds. The number of fused-ring (bicyclic) bond motifs is 1. The molecule has 1 aliphatic carbocycles. The number of carbonyl (C=O) groups excluding carboxylic acids is 1. The zero-order valence-corrected chi connectivity index (χ0v) is 19.4. The Morgan fingerprint density at radius 1 is 1.29 bits per heavy atom. The molecule has 31 heavy (non-hydrogen) atoms. The maximum absolute atomic E-state index is 13.0. The lowest BCUT2D eigenvalue weighted by molar-refractivity contribution is -0.134. The van der Waals surface area contributed by atoms with Crippen molar-refractivity contribution in [1.29, 1.82) is 0 Å². The number of nitrogens with zero attached hydrogens (tertiary/aromatic N) is 3. The van der Waals surface area contributed by atoms with Crippen molar-refractivity contribution in [1.82, 2.24) is 20.4 Å². The van der Waals surface area contributed by atoms with Crippen molar-refractivity contribution in [3.8, 4) is 11.4 Å². The molecule has 168 valence electrons. The first kappa shape index (κ1) is 22.3. The molecule has 7 heteroatoms. The van der Waals surface area contributed by atoms with Crippen LogP contribution in [-0.2, 0) is 11.3 Å². The first-order valence-electron chi connectivity index (χ1n) is 11.6. The number of hydrogen-bond donors (Lipinski definition) is 1. The van der Waals surface area contributed by atoms with Gasteiger partial charge in [0, 0.05) is 34.6 Å². The molecule has 0 radical (unpaired) electrons. The fourth-order valence-electron chi connectivity index (χ4n) is 5.24. The number of benzene rings is 1. The third-order valence-corrected chi connectivity index (χ3v) is 7.36. The molecule has 1 saturated heterocycles. The van der Waals surface area contributed by atoms with Gasteiger partial charge < -0.3 is 9.84 Å². The Labute approximate surface area is 189 Å². The number of piperidine rings is 1. The number of rotatable bonds is 6. The molecular formula is C24H33ClN4O2. The first-order chi connectivity index (χ1) is 15.0. The molecule has 2 fully saturated rings. The van der Waals surface area contributed by atoms with Crippen LogP contribution in [-0.4, -0.2) is 39.1 Å². The van der Waals surface area contributed by atoms with Gasteiger partial charge in [0.15, 0.2) is 0 Å². The molecule has 1 N–H and O–H groups in total. The SMILES string of the molecule is CC[C@H](C)NC(=O)[C@@H]1C[C@H](C)N(Cc2nc(-c3ccc(Cl)cc3)no2)[C@@H]2CCCC[C@@H]21. The summed E-state index contributed by atoms with van der Waals surface area (Å²) in [5, 5.41) is 8.10. The largest absolute Gasteiger partial charge is 0.353 e. The molecule has 1 saturated carbocycles. The summed E-state index contributed by atoms with van der Waals surface area (Å²) in [4.78, 5) is 20.2. The summed E-state index contributed by atoms with van der Waals surface area (Å²) in [7, 11) is 0. The molecule has 2 aromatic rings. The van der Waals surface area contributed by atoms with Gasteiger partial charge in [-0.3, -0.25) is 9.69 Å². The number of likely N-dealkylation sites (tertiary alicyclic amines) is 1. The van der Waals surface area contributed by atoms with Gasteiger partial charge in [0.25, 0.3) is 0 Å². The van der Waals surface area contributed by atoms with Crippen molar-refractivity contribution in [2.45, 2.75) is 84.0 Å². The van der Waals surface area contributed by atoms with Crippen LogP contribution >= 0.6 is 11.6 Å². The van der Waals surface area contributed by atoms with Crippen molar-refractivity contribution in [3.63, 3.8) is 0 Å². The Hall–Kier alpha value is -1.92. The van der Waals surface area contributed by atoms with E-state index in [4.69, 9.17) is 16.1 Å². The fraction of sp³-hybridized carbons (Fsp3) is 0.625. The van der Waals surface area contributed by atoms with Crippen LogP contribution in [0.2, 0.25) is 5.02 Å². The smallest absolute Gasteiger partial charge is 0.241 e. The van der Waals surface area contributed by atoms with Gasteiger partial charge in [0.05, 0.1) is 6.54 Å². The maximum Gasteiger partial charge on any atom is 0.241 e. The minimum absolute atomic E-state index is 0.0952. The van der Waals surface area contributed by atoms with E-state index < -0.39 is 0 Å². The molecule has 2 aliphatic rings. The predicted molar refractivity (Wildman–Crippen MR) is 121 cm³/mol. The molecular weight excluding hydrogens is 412 g/mol. The van der Waals surface area contributed by atoms with Crippen LogP contribution < -0.4 is 5.32 Å². The number of aromatic nitrogens is 2. The first-order valence-corrected chi connectivity index (χ1v) is 12.0. The number of carbonyl (C=O) groups is 1. The minimum Gasteiger partial charge on any atom is -0.353 e. The maximum atomic E-state index is 13.0. The van der Waals surface area contributed by atoms with Gasteiger partial charge in [-0.25, -0.2) is 0 Å². The number of amides is 1. The van der Waals surface area contributed by atoms with E-state index in [0.717, 1.165) is 31.2 Å². The summed E-state index contributed by atoms with van der Waals surface area (Å²) in [6.45, 7) is 7.05. The average Bonchev–Trinajstić information content (AvgIpc) is 3.24. The highest BCUT2D eigenvalue weighted by Gasteiger charge is 2.45. The number of hydrogen-bond acceptors (Lipinski definition) is 5. The highest BCUT2D eigenvalue weighted by Crippen LogP contribution is 2.42. The molecule has 2 heterocycles. The Bertz CT molecular complexity index is 884. The molecule has 4 rings (SSSR count). The lowest BCUT2D eigenvalue weighted by atomic mass is 9.69. The molecule has 0 unspecified atom stereocenters. The van der Waals surface area contributed by atoms with E-state index in [1.54, 1.807) is 0 Å². The Balaban J connectivity index is 1.49. The number of nitrogens with one attached hydrogen (secondary N) is 1. The van der Waals surface area contributed by atoms with Gasteiger partial charge in [-0.15, -0.1) is 0 Å². The molecule has 6 nitrogen and oxygen atoms in total. The van der Waals surface area contributed by atoms with Crippen molar-refractivity contribution in [3.05, 3.63) is 35.2 Å². The molecule has 1 aromatic heterocycles. The highest BCUT2D eigenvalue weighted by molar-refractivity contribution is 6.30. The van der Waals surface area contributed by atoms with E-state index in [1.807, 2.05) is 24.3 Å². The fourth-order valence-corrected chi connectivity index (χ4v) is 5.37. The van der Waals surface area contributed by atoms with E-state index in [-0.39, 0.29) is 23.9 Å². The second kappa shape index (κ2) is 9.70. The third-order valence-electron chi connectivity index (χ3n) is 7.11. The Kier molecular flexibility index (Phi) is 6.97. The third kappa shape index (κ3) is 4.96. The molecule has 1 aliphatic heterocycles. The van der Waals surface area contributed by atoms with Gasteiger partial charge in [-0.2, -0.15) is 4.98 Å². The molecule has 0 bridgehead atoms. The lowest BCUT2D eigenvalue weighted by Crippen LogP contribution is -2.57. The Morgan fingerprint density at radius 2 is 2.03 bits per heavy atom. The predicted octanol–water partition coefficient (Wildman–Crippen LogP) is 5.07. The van der Waals surface area contributed by atoms with Gasteiger partial charge in [0.1, 0.15) is 0 Å². The normalized spacial score (nSPS) is 27.5. The van der Waals surface area contributed by atoms with Crippen molar-refractivity contribution < 1.29 is 9.32 Å². The highest BCUT2D eigenvalue weighted by atomic mass is 35.5. The van der Waals surface area contributed by atoms with E-state index in [1.165, 1.54) is 12.8 Å². The Morgan fingerprint density at radius 3 is 2.77 bits per heavy atom. The molecule has 0 spiro atoms. The van der Waals surface area contributed by atoms with Crippen LogP contribution in [0.15, 0.2) is 28.8 Å². The summed E-state index contributed by atoms with van der Waals surface area (Å²) in [6.07, 6.45) is 6.50. The van der Waals surface area contributed by atoms with Gasteiger partial charge in [0.2, 0.25) is 17.6 Å². The average molecular weight is 445 g/mol. The monoisotopic (exact) mass is 444 g/mol. The second-order valence-corrected chi connectivity index (χ2v) is 9.65. The summed E-state index contributed by atoms with van der Waals surface area (Å²) in [5.41, 5.74) is 0.892. The van der Waals surface area contributed by atoms with E-state index in [9.17, 15) is 4.79 Å². The van der Waals surface area contributed by atoms with Crippen LogP contribution in [0, 0.1) is 11.8 Å². The van der Waals surface area contributed by atoms with E-state index >= 15 is 0 Å². The standard InChI is InChI=1S/C24H33ClN4O2/c1-4-15(2)26-24(30)20-13-16(3)29(21-8-6-5-7-19(20)21)14-22-27-23(28-31-22)17-9-11-18(25)12-10-17/h9-12,15-16,19-21H,4-8,13-14H2,1-3H3,(H,26,30)/t15-,16-,19+,20+,21+/m0/s1. The van der Waals surface area contributed by atoms with Gasteiger partial charge in [-0.1, -0.05) is 36.5 Å². The topological polar surface area (TPSA) is 71.3 Å². The van der Waals surface area contributed by atoms with Crippen LogP contribution in [0.1, 0.15) is 65.2 Å². The quantitative estimate of drug-likeness (QED) is 0.673. The van der Waals surface area contributed by atoms with Crippen molar-refractivity contribution >= 4 is 17.5 Å². The van der Waals surface area contributed by atoms with E-state index in [0.29, 0.717) is 35.2 Å². The minimum atomic E-state index is 0.0952. The van der Waals surface area contributed by atoms with Crippen LogP contribution in [0.4, 0.5) is 0 Å². The van der Waals surface area contributed by atoms with Gasteiger partial charge in [-0.05, 0) is 69.7 Å². The van der Waals surface area contributed by atoms with Crippen LogP contribution in [0.3, 0.4) is 0 Å². The van der Waals surface area contributed by atoms with Crippen molar-refractivity contribution in [2.75, 3.05) is 0 Å². The summed E-state index contributed by atoms with van der Waals surface area (Å²) in [5.74, 6) is 1.94.